The number of hydrogen-bond acceptors (Lipinski definition) is 3. The van der Waals surface area contributed by atoms with E-state index >= 15 is 0 Å². The standard InChI is InChI=1S/C11H15BrFNO2/c1-6(15)5-14-7(2)9-3-8(12)4-10(13)11(9)16/h3-4,6-7,14-16H,5H2,1-2H3/t6-,7?/m1/s1. The number of phenolic OH excluding ortho intramolecular Hbond substituents is 1. The molecule has 0 amide bonds. The smallest absolute Gasteiger partial charge is 0.166 e. The number of nitrogens with one attached hydrogen (secondary N) is 1. The molecule has 0 spiro atoms. The van der Waals surface area contributed by atoms with Gasteiger partial charge < -0.3 is 15.5 Å². The van der Waals surface area contributed by atoms with Crippen LogP contribution >= 0.6 is 15.9 Å². The van der Waals surface area contributed by atoms with Crippen LogP contribution in [0, 0.1) is 5.82 Å². The zero-order valence-corrected chi connectivity index (χ0v) is 10.8. The first-order chi connectivity index (χ1) is 7.41. The fraction of sp³-hybridized carbons (Fsp3) is 0.455. The third kappa shape index (κ3) is 3.43. The van der Waals surface area contributed by atoms with Gasteiger partial charge in [-0.2, -0.15) is 0 Å². The average Bonchev–Trinajstić information content (AvgIpc) is 2.19. The summed E-state index contributed by atoms with van der Waals surface area (Å²) in [7, 11) is 0. The highest BCUT2D eigenvalue weighted by molar-refractivity contribution is 9.10. The number of hydrogen-bond donors (Lipinski definition) is 3. The molecule has 90 valence electrons. The molecule has 3 N–H and O–H groups in total. The minimum Gasteiger partial charge on any atom is -0.505 e. The summed E-state index contributed by atoms with van der Waals surface area (Å²) in [6.45, 7) is 3.83. The zero-order chi connectivity index (χ0) is 12.3. The Balaban J connectivity index is 2.86. The van der Waals surface area contributed by atoms with Crippen LogP contribution in [-0.4, -0.2) is 22.9 Å². The van der Waals surface area contributed by atoms with Crippen molar-refractivity contribution in [2.45, 2.75) is 26.0 Å². The van der Waals surface area contributed by atoms with Crippen LogP contribution in [-0.2, 0) is 0 Å². The first-order valence-electron chi connectivity index (χ1n) is 5.01. The molecule has 1 unspecified atom stereocenters. The number of benzene rings is 1. The fourth-order valence-corrected chi connectivity index (χ4v) is 1.82. The first kappa shape index (κ1) is 13.4. The van der Waals surface area contributed by atoms with E-state index in [9.17, 15) is 9.50 Å². The van der Waals surface area contributed by atoms with Crippen LogP contribution in [0.1, 0.15) is 25.5 Å². The Labute approximate surface area is 102 Å². The molecule has 0 saturated heterocycles. The number of aliphatic hydroxyl groups is 1. The molecule has 1 aromatic rings. The second kappa shape index (κ2) is 5.61. The van der Waals surface area contributed by atoms with Gasteiger partial charge in [0.25, 0.3) is 0 Å². The van der Waals surface area contributed by atoms with Crippen molar-refractivity contribution in [3.05, 3.63) is 28.0 Å². The first-order valence-corrected chi connectivity index (χ1v) is 5.80. The van der Waals surface area contributed by atoms with Crippen molar-refractivity contribution in [1.82, 2.24) is 5.32 Å². The fourth-order valence-electron chi connectivity index (χ4n) is 1.37. The molecule has 0 fully saturated rings. The Morgan fingerprint density at radius 1 is 1.44 bits per heavy atom. The maximum atomic E-state index is 13.2. The van der Waals surface area contributed by atoms with E-state index in [0.29, 0.717) is 16.6 Å². The van der Waals surface area contributed by atoms with E-state index in [4.69, 9.17) is 5.11 Å². The van der Waals surface area contributed by atoms with Gasteiger partial charge >= 0.3 is 0 Å². The molecule has 16 heavy (non-hydrogen) atoms. The van der Waals surface area contributed by atoms with Crippen LogP contribution in [0.5, 0.6) is 5.75 Å². The average molecular weight is 292 g/mol. The maximum Gasteiger partial charge on any atom is 0.166 e. The van der Waals surface area contributed by atoms with E-state index < -0.39 is 11.9 Å². The van der Waals surface area contributed by atoms with Crippen molar-refractivity contribution in [3.8, 4) is 5.75 Å². The number of rotatable bonds is 4. The molecule has 0 aliphatic carbocycles. The highest BCUT2D eigenvalue weighted by atomic mass is 79.9. The SMILES string of the molecule is CC(NC[C@@H](C)O)c1cc(Br)cc(F)c1O. The molecule has 0 heterocycles. The second-order valence-electron chi connectivity index (χ2n) is 3.80. The Hall–Kier alpha value is -0.650. The van der Waals surface area contributed by atoms with Gasteiger partial charge in [-0.15, -0.1) is 0 Å². The quantitative estimate of drug-likeness (QED) is 0.798. The van der Waals surface area contributed by atoms with Crippen LogP contribution in [0.4, 0.5) is 4.39 Å². The van der Waals surface area contributed by atoms with Gasteiger partial charge in [0.15, 0.2) is 11.6 Å². The van der Waals surface area contributed by atoms with E-state index in [2.05, 4.69) is 21.2 Å². The van der Waals surface area contributed by atoms with Crippen molar-refractivity contribution in [1.29, 1.82) is 0 Å². The number of phenols is 1. The molecular weight excluding hydrogens is 277 g/mol. The molecule has 3 nitrogen and oxygen atoms in total. The zero-order valence-electron chi connectivity index (χ0n) is 9.17. The number of aliphatic hydroxyl groups excluding tert-OH is 1. The van der Waals surface area contributed by atoms with E-state index in [1.807, 2.05) is 0 Å². The van der Waals surface area contributed by atoms with E-state index in [0.717, 1.165) is 0 Å². The summed E-state index contributed by atoms with van der Waals surface area (Å²) in [4.78, 5) is 0. The lowest BCUT2D eigenvalue weighted by Gasteiger charge is -2.17. The predicted octanol–water partition coefficient (Wildman–Crippen LogP) is 2.33. The Morgan fingerprint density at radius 3 is 2.62 bits per heavy atom. The monoisotopic (exact) mass is 291 g/mol. The third-order valence-electron chi connectivity index (χ3n) is 2.24. The molecule has 0 bridgehead atoms. The minimum absolute atomic E-state index is 0.235. The van der Waals surface area contributed by atoms with Crippen LogP contribution in [0.15, 0.2) is 16.6 Å². The predicted molar refractivity (Wildman–Crippen MR) is 63.9 cm³/mol. The normalized spacial score (nSPS) is 14.8. The van der Waals surface area contributed by atoms with Crippen LogP contribution in [0.2, 0.25) is 0 Å². The highest BCUT2D eigenvalue weighted by Crippen LogP contribution is 2.30. The van der Waals surface area contributed by atoms with Gasteiger partial charge in [-0.05, 0) is 26.0 Å². The molecule has 2 atom stereocenters. The van der Waals surface area contributed by atoms with Gasteiger partial charge in [0.05, 0.1) is 6.10 Å². The highest BCUT2D eigenvalue weighted by Gasteiger charge is 2.15. The van der Waals surface area contributed by atoms with Crippen LogP contribution < -0.4 is 5.32 Å². The molecule has 5 heteroatoms. The maximum absolute atomic E-state index is 13.2. The molecule has 0 aliphatic rings. The summed E-state index contributed by atoms with van der Waals surface area (Å²) in [6.07, 6.45) is -0.485. The lowest BCUT2D eigenvalue weighted by Crippen LogP contribution is -2.27. The summed E-state index contributed by atoms with van der Waals surface area (Å²) < 4.78 is 13.8. The summed E-state index contributed by atoms with van der Waals surface area (Å²) in [5, 5.41) is 21.7. The number of aromatic hydroxyl groups is 1. The van der Waals surface area contributed by atoms with E-state index in [1.54, 1.807) is 19.9 Å². The van der Waals surface area contributed by atoms with Crippen LogP contribution in [0.25, 0.3) is 0 Å². The van der Waals surface area contributed by atoms with Gasteiger partial charge in [0.2, 0.25) is 0 Å². The lowest BCUT2D eigenvalue weighted by atomic mass is 10.1. The molecule has 0 radical (unpaired) electrons. The number of halogens is 2. The van der Waals surface area contributed by atoms with Gasteiger partial charge in [-0.25, -0.2) is 4.39 Å². The summed E-state index contributed by atoms with van der Waals surface area (Å²) in [5.74, 6) is -1.01. The van der Waals surface area contributed by atoms with Crippen molar-refractivity contribution in [3.63, 3.8) is 0 Å². The Bertz CT molecular complexity index is 371. The Kier molecular flexibility index (Phi) is 4.70. The minimum atomic E-state index is -0.657. The van der Waals surface area contributed by atoms with Gasteiger partial charge in [-0.1, -0.05) is 15.9 Å². The Morgan fingerprint density at radius 2 is 2.06 bits per heavy atom. The van der Waals surface area contributed by atoms with Crippen molar-refractivity contribution in [2.75, 3.05) is 6.54 Å². The van der Waals surface area contributed by atoms with Crippen LogP contribution in [0.3, 0.4) is 0 Å². The lowest BCUT2D eigenvalue weighted by molar-refractivity contribution is 0.187. The van der Waals surface area contributed by atoms with Gasteiger partial charge in [0.1, 0.15) is 0 Å². The summed E-state index contributed by atoms with van der Waals surface area (Å²) in [5.41, 5.74) is 0.465. The van der Waals surface area contributed by atoms with E-state index in [1.165, 1.54) is 6.07 Å². The second-order valence-corrected chi connectivity index (χ2v) is 4.72. The van der Waals surface area contributed by atoms with E-state index in [-0.39, 0.29) is 11.8 Å². The topological polar surface area (TPSA) is 52.5 Å². The molecule has 0 aliphatic heterocycles. The van der Waals surface area contributed by atoms with Crippen molar-refractivity contribution >= 4 is 15.9 Å². The molecular formula is C11H15BrFNO2. The van der Waals surface area contributed by atoms with Crippen molar-refractivity contribution < 1.29 is 14.6 Å². The summed E-state index contributed by atoms with van der Waals surface area (Å²) >= 11 is 3.17. The summed E-state index contributed by atoms with van der Waals surface area (Å²) in [6, 6.07) is 2.62. The largest absolute Gasteiger partial charge is 0.505 e. The molecule has 1 rings (SSSR count). The molecule has 0 aromatic heterocycles. The van der Waals surface area contributed by atoms with Crippen molar-refractivity contribution in [2.24, 2.45) is 0 Å². The van der Waals surface area contributed by atoms with Gasteiger partial charge in [0, 0.05) is 22.6 Å². The molecule has 0 saturated carbocycles. The molecule has 1 aromatic carbocycles. The van der Waals surface area contributed by atoms with Gasteiger partial charge in [-0.3, -0.25) is 0 Å². The third-order valence-corrected chi connectivity index (χ3v) is 2.70.